The largest absolute Gasteiger partial charge is 0.416 e. The quantitative estimate of drug-likeness (QED) is 0.477. The Balaban J connectivity index is 1.52. The molecule has 9 heteroatoms. The Labute approximate surface area is 154 Å². The molecule has 0 bridgehead atoms. The van der Waals surface area contributed by atoms with Crippen molar-refractivity contribution in [2.75, 3.05) is 13.6 Å². The minimum absolute atomic E-state index is 0.168. The molecule has 0 saturated heterocycles. The molecule has 142 valence electrons. The molecular formula is C18H19F3N6. The van der Waals surface area contributed by atoms with E-state index in [1.807, 2.05) is 4.68 Å². The summed E-state index contributed by atoms with van der Waals surface area (Å²) >= 11 is 0. The van der Waals surface area contributed by atoms with Crippen LogP contribution in [0, 0.1) is 11.8 Å². The summed E-state index contributed by atoms with van der Waals surface area (Å²) in [5.74, 6) is 7.11. The Hall–Kier alpha value is -3.02. The maximum absolute atomic E-state index is 12.7. The molecule has 0 amide bonds. The summed E-state index contributed by atoms with van der Waals surface area (Å²) in [6, 6.07) is 5.13. The summed E-state index contributed by atoms with van der Waals surface area (Å²) in [5.41, 5.74) is -0.384. The zero-order chi connectivity index (χ0) is 19.3. The van der Waals surface area contributed by atoms with Crippen LogP contribution in [-0.2, 0) is 19.1 Å². The fourth-order valence-electron chi connectivity index (χ4n) is 2.79. The van der Waals surface area contributed by atoms with Gasteiger partial charge in [0.25, 0.3) is 0 Å². The summed E-state index contributed by atoms with van der Waals surface area (Å²) in [6.07, 6.45) is -1.07. The van der Waals surface area contributed by atoms with Gasteiger partial charge in [0.1, 0.15) is 12.2 Å². The predicted molar refractivity (Wildman–Crippen MR) is 95.0 cm³/mol. The second kappa shape index (κ2) is 8.12. The number of benzene rings is 1. The van der Waals surface area contributed by atoms with Crippen molar-refractivity contribution in [3.63, 3.8) is 0 Å². The summed E-state index contributed by atoms with van der Waals surface area (Å²) in [6.45, 7) is 0.961. The molecule has 0 radical (unpaired) electrons. The fourth-order valence-corrected chi connectivity index (χ4v) is 2.79. The van der Waals surface area contributed by atoms with Crippen LogP contribution in [0.4, 0.5) is 13.2 Å². The molecule has 2 heterocycles. The molecule has 6 nitrogen and oxygen atoms in total. The van der Waals surface area contributed by atoms with Crippen LogP contribution in [0.15, 0.2) is 35.6 Å². The van der Waals surface area contributed by atoms with Crippen LogP contribution in [-0.4, -0.2) is 40.4 Å². The van der Waals surface area contributed by atoms with Gasteiger partial charge in [-0.05, 0) is 24.6 Å². The molecule has 1 aliphatic heterocycles. The average Bonchev–Trinajstić information content (AvgIpc) is 3.11. The van der Waals surface area contributed by atoms with Gasteiger partial charge < -0.3 is 10.6 Å². The highest BCUT2D eigenvalue weighted by Crippen LogP contribution is 2.29. The molecule has 1 unspecified atom stereocenters. The van der Waals surface area contributed by atoms with Gasteiger partial charge in [-0.2, -0.15) is 18.3 Å². The standard InChI is InChI=1S/C18H19F3N6/c1-22-17(26-15-7-8-16-24-12-25-27(16)11-15)23-9-3-5-13-4-2-6-14(10-13)18(19,20)21/h2,4,6,10,12,15H,7-9,11H2,1H3,(H2,22,23,26). The lowest BCUT2D eigenvalue weighted by Gasteiger charge is -2.25. The minimum atomic E-state index is -4.37. The molecule has 0 spiro atoms. The third-order valence-electron chi connectivity index (χ3n) is 4.14. The zero-order valence-corrected chi connectivity index (χ0v) is 14.7. The minimum Gasteiger partial charge on any atom is -0.352 e. The highest BCUT2D eigenvalue weighted by atomic mass is 19.4. The van der Waals surface area contributed by atoms with Crippen LogP contribution < -0.4 is 10.6 Å². The zero-order valence-electron chi connectivity index (χ0n) is 14.7. The third kappa shape index (κ3) is 5.00. The van der Waals surface area contributed by atoms with Crippen LogP contribution in [0.25, 0.3) is 0 Å². The SMILES string of the molecule is CN=C(NCC#Cc1cccc(C(F)(F)F)c1)NC1CCc2ncnn2C1. The Bertz CT molecular complexity index is 875. The van der Waals surface area contributed by atoms with E-state index in [1.165, 1.54) is 6.07 Å². The van der Waals surface area contributed by atoms with Crippen LogP contribution in [0.3, 0.4) is 0 Å². The van der Waals surface area contributed by atoms with Gasteiger partial charge in [-0.1, -0.05) is 17.9 Å². The van der Waals surface area contributed by atoms with Crippen molar-refractivity contribution in [3.8, 4) is 11.8 Å². The van der Waals surface area contributed by atoms with Crippen molar-refractivity contribution >= 4 is 5.96 Å². The number of aromatic nitrogens is 3. The van der Waals surface area contributed by atoms with E-state index in [9.17, 15) is 13.2 Å². The van der Waals surface area contributed by atoms with Crippen molar-refractivity contribution in [1.29, 1.82) is 0 Å². The molecule has 1 aromatic heterocycles. The van der Waals surface area contributed by atoms with E-state index in [0.29, 0.717) is 18.1 Å². The molecule has 1 aromatic carbocycles. The van der Waals surface area contributed by atoms with E-state index in [1.54, 1.807) is 19.4 Å². The van der Waals surface area contributed by atoms with E-state index in [2.05, 4.69) is 37.5 Å². The second-order valence-corrected chi connectivity index (χ2v) is 6.04. The molecule has 0 fully saturated rings. The van der Waals surface area contributed by atoms with E-state index in [0.717, 1.165) is 30.8 Å². The topological polar surface area (TPSA) is 67.1 Å². The lowest BCUT2D eigenvalue weighted by atomic mass is 10.1. The fraction of sp³-hybridized carbons (Fsp3) is 0.389. The van der Waals surface area contributed by atoms with Gasteiger partial charge in [-0.15, -0.1) is 0 Å². The monoisotopic (exact) mass is 376 g/mol. The van der Waals surface area contributed by atoms with Gasteiger partial charge in [-0.3, -0.25) is 4.99 Å². The first-order chi connectivity index (χ1) is 13.0. The van der Waals surface area contributed by atoms with Crippen molar-refractivity contribution in [1.82, 2.24) is 25.4 Å². The predicted octanol–water partition coefficient (Wildman–Crippen LogP) is 1.83. The number of hydrogen-bond acceptors (Lipinski definition) is 3. The van der Waals surface area contributed by atoms with E-state index < -0.39 is 11.7 Å². The Morgan fingerprint density at radius 2 is 2.26 bits per heavy atom. The first kappa shape index (κ1) is 18.8. The van der Waals surface area contributed by atoms with Crippen molar-refractivity contribution in [2.45, 2.75) is 31.6 Å². The van der Waals surface area contributed by atoms with Gasteiger partial charge in [-0.25, -0.2) is 9.67 Å². The lowest BCUT2D eigenvalue weighted by Crippen LogP contribution is -2.47. The van der Waals surface area contributed by atoms with Gasteiger partial charge in [0.2, 0.25) is 0 Å². The normalized spacial score (nSPS) is 16.9. The smallest absolute Gasteiger partial charge is 0.352 e. The summed E-state index contributed by atoms with van der Waals surface area (Å²) in [4.78, 5) is 8.34. The van der Waals surface area contributed by atoms with Gasteiger partial charge in [0, 0.05) is 25.1 Å². The number of hydrogen-bond donors (Lipinski definition) is 2. The maximum atomic E-state index is 12.7. The van der Waals surface area contributed by atoms with Crippen molar-refractivity contribution < 1.29 is 13.2 Å². The van der Waals surface area contributed by atoms with Crippen LogP contribution in [0.5, 0.6) is 0 Å². The Morgan fingerprint density at radius 1 is 1.41 bits per heavy atom. The van der Waals surface area contributed by atoms with E-state index >= 15 is 0 Å². The Morgan fingerprint density at radius 3 is 3.04 bits per heavy atom. The second-order valence-electron chi connectivity index (χ2n) is 6.04. The van der Waals surface area contributed by atoms with Crippen molar-refractivity contribution in [3.05, 3.63) is 47.5 Å². The van der Waals surface area contributed by atoms with Crippen LogP contribution in [0.1, 0.15) is 23.4 Å². The number of fused-ring (bicyclic) bond motifs is 1. The first-order valence-corrected chi connectivity index (χ1v) is 8.45. The highest BCUT2D eigenvalue weighted by molar-refractivity contribution is 5.80. The molecule has 0 saturated carbocycles. The molecule has 2 aromatic rings. The number of nitrogens with zero attached hydrogens (tertiary/aromatic N) is 4. The summed E-state index contributed by atoms with van der Waals surface area (Å²) in [5, 5.41) is 10.5. The van der Waals surface area contributed by atoms with Gasteiger partial charge in [0.05, 0.1) is 18.7 Å². The molecule has 1 atom stereocenters. The number of alkyl halides is 3. The Kier molecular flexibility index (Phi) is 5.64. The van der Waals surface area contributed by atoms with Crippen LogP contribution >= 0.6 is 0 Å². The molecular weight excluding hydrogens is 357 g/mol. The molecule has 2 N–H and O–H groups in total. The average molecular weight is 376 g/mol. The lowest BCUT2D eigenvalue weighted by molar-refractivity contribution is -0.137. The molecule has 27 heavy (non-hydrogen) atoms. The number of nitrogens with one attached hydrogen (secondary N) is 2. The summed E-state index contributed by atoms with van der Waals surface area (Å²) < 4.78 is 40.0. The molecule has 1 aliphatic rings. The molecule has 3 rings (SSSR count). The van der Waals surface area contributed by atoms with Gasteiger partial charge in [0.15, 0.2) is 5.96 Å². The van der Waals surface area contributed by atoms with Gasteiger partial charge >= 0.3 is 6.18 Å². The molecule has 0 aliphatic carbocycles. The maximum Gasteiger partial charge on any atom is 0.416 e. The number of halogens is 3. The number of aryl methyl sites for hydroxylation is 1. The third-order valence-corrected chi connectivity index (χ3v) is 4.14. The van der Waals surface area contributed by atoms with E-state index in [4.69, 9.17) is 0 Å². The first-order valence-electron chi connectivity index (χ1n) is 8.45. The number of aliphatic imine (C=N–C) groups is 1. The number of guanidine groups is 1. The summed E-state index contributed by atoms with van der Waals surface area (Å²) in [7, 11) is 1.65. The number of rotatable bonds is 2. The van der Waals surface area contributed by atoms with Crippen molar-refractivity contribution in [2.24, 2.45) is 4.99 Å². The van der Waals surface area contributed by atoms with E-state index in [-0.39, 0.29) is 12.6 Å². The van der Waals surface area contributed by atoms with Crippen LogP contribution in [0.2, 0.25) is 0 Å². The highest BCUT2D eigenvalue weighted by Gasteiger charge is 2.30.